The first-order valence-corrected chi connectivity index (χ1v) is 5.37. The van der Waals surface area contributed by atoms with Crippen molar-refractivity contribution in [3.63, 3.8) is 0 Å². The van der Waals surface area contributed by atoms with E-state index in [1.807, 2.05) is 0 Å². The van der Waals surface area contributed by atoms with Crippen LogP contribution < -0.4 is 5.73 Å². The number of nitrogens with zero attached hydrogens (tertiary/aromatic N) is 5. The van der Waals surface area contributed by atoms with Gasteiger partial charge in [-0.15, -0.1) is 5.10 Å². The molecule has 0 unspecified atom stereocenters. The van der Waals surface area contributed by atoms with E-state index in [9.17, 15) is 8.78 Å². The number of aromatic nitrogens is 5. The molecule has 2 N–H and O–H groups in total. The molecule has 0 fully saturated rings. The van der Waals surface area contributed by atoms with Crippen molar-refractivity contribution in [2.24, 2.45) is 5.73 Å². The molecule has 0 aromatic carbocycles. The Morgan fingerprint density at radius 3 is 2.72 bits per heavy atom. The summed E-state index contributed by atoms with van der Waals surface area (Å²) in [4.78, 5) is 3.87. The predicted octanol–water partition coefficient (Wildman–Crippen LogP) is 1.11. The zero-order valence-electron chi connectivity index (χ0n) is 10.1. The number of alkyl halides is 2. The quantitative estimate of drug-likeness (QED) is 0.889. The van der Waals surface area contributed by atoms with Gasteiger partial charge in [0.05, 0.1) is 11.7 Å². The highest BCUT2D eigenvalue weighted by Crippen LogP contribution is 2.15. The normalized spacial score (nSPS) is 12.3. The number of hydrogen-bond acceptors (Lipinski definition) is 4. The summed E-state index contributed by atoms with van der Waals surface area (Å²) < 4.78 is 27.5. The first kappa shape index (κ1) is 12.6. The van der Waals surface area contributed by atoms with Crippen molar-refractivity contribution in [3.8, 4) is 0 Å². The molecule has 2 rings (SSSR count). The Morgan fingerprint density at radius 1 is 1.44 bits per heavy atom. The van der Waals surface area contributed by atoms with E-state index in [1.54, 1.807) is 20.0 Å². The van der Waals surface area contributed by atoms with Crippen LogP contribution in [0.25, 0.3) is 0 Å². The molecular formula is C10H14F2N6. The lowest BCUT2D eigenvalue weighted by Gasteiger charge is -2.13. The molecule has 0 bridgehead atoms. The summed E-state index contributed by atoms with van der Waals surface area (Å²) in [6.07, 6.45) is 4.18. The van der Waals surface area contributed by atoms with Crippen LogP contribution >= 0.6 is 0 Å². The van der Waals surface area contributed by atoms with Crippen molar-refractivity contribution >= 4 is 0 Å². The second kappa shape index (κ2) is 4.45. The Kier molecular flexibility index (Phi) is 3.12. The molecule has 0 aliphatic rings. The maximum Gasteiger partial charge on any atom is 0.319 e. The van der Waals surface area contributed by atoms with Gasteiger partial charge in [-0.05, 0) is 13.8 Å². The molecule has 0 atom stereocenters. The predicted molar refractivity (Wildman–Crippen MR) is 59.8 cm³/mol. The molecule has 18 heavy (non-hydrogen) atoms. The van der Waals surface area contributed by atoms with Crippen LogP contribution in [0.5, 0.6) is 0 Å². The second-order valence-electron chi connectivity index (χ2n) is 4.55. The van der Waals surface area contributed by atoms with Gasteiger partial charge in [0, 0.05) is 12.4 Å². The maximum atomic E-state index is 12.6. The van der Waals surface area contributed by atoms with E-state index in [4.69, 9.17) is 5.73 Å². The fourth-order valence-electron chi connectivity index (χ4n) is 1.46. The van der Waals surface area contributed by atoms with E-state index in [0.29, 0.717) is 5.69 Å². The zero-order valence-corrected chi connectivity index (χ0v) is 10.1. The van der Waals surface area contributed by atoms with Crippen LogP contribution in [0.1, 0.15) is 31.9 Å². The highest BCUT2D eigenvalue weighted by Gasteiger charge is 2.19. The number of rotatable bonds is 4. The van der Waals surface area contributed by atoms with Crippen molar-refractivity contribution < 1.29 is 8.78 Å². The fraction of sp³-hybridized carbons (Fsp3) is 0.500. The number of hydrogen-bond donors (Lipinski definition) is 1. The van der Waals surface area contributed by atoms with Crippen molar-refractivity contribution in [3.05, 3.63) is 30.1 Å². The summed E-state index contributed by atoms with van der Waals surface area (Å²) in [5, 5.41) is 7.75. The summed E-state index contributed by atoms with van der Waals surface area (Å²) in [6, 6.07) is 0. The molecule has 0 aliphatic heterocycles. The van der Waals surface area contributed by atoms with Gasteiger partial charge in [0.25, 0.3) is 0 Å². The van der Waals surface area contributed by atoms with Gasteiger partial charge in [0.1, 0.15) is 18.1 Å². The number of nitrogens with two attached hydrogens (primary N) is 1. The van der Waals surface area contributed by atoms with E-state index >= 15 is 0 Å². The average molecular weight is 256 g/mol. The summed E-state index contributed by atoms with van der Waals surface area (Å²) >= 11 is 0. The van der Waals surface area contributed by atoms with Crippen LogP contribution in [0.2, 0.25) is 0 Å². The number of imidazole rings is 1. The van der Waals surface area contributed by atoms with E-state index in [-0.39, 0.29) is 12.4 Å². The van der Waals surface area contributed by atoms with Crippen molar-refractivity contribution in [2.45, 2.75) is 32.5 Å². The Balaban J connectivity index is 2.19. The van der Waals surface area contributed by atoms with Gasteiger partial charge in [-0.25, -0.2) is 9.67 Å². The van der Waals surface area contributed by atoms with Crippen LogP contribution in [0, 0.1) is 0 Å². The van der Waals surface area contributed by atoms with Crippen molar-refractivity contribution in [2.75, 3.05) is 0 Å². The highest BCUT2D eigenvalue weighted by atomic mass is 19.3. The Bertz CT molecular complexity index is 524. The molecule has 0 saturated heterocycles. The van der Waals surface area contributed by atoms with E-state index < -0.39 is 12.1 Å². The molecule has 6 nitrogen and oxygen atoms in total. The van der Waals surface area contributed by atoms with Gasteiger partial charge in [-0.3, -0.25) is 4.57 Å². The molecule has 2 aromatic rings. The van der Waals surface area contributed by atoms with Gasteiger partial charge >= 0.3 is 6.55 Å². The van der Waals surface area contributed by atoms with Gasteiger partial charge in [-0.2, -0.15) is 8.78 Å². The van der Waals surface area contributed by atoms with Crippen LogP contribution in [0.15, 0.2) is 18.6 Å². The largest absolute Gasteiger partial charge is 0.320 e. The van der Waals surface area contributed by atoms with Crippen molar-refractivity contribution in [1.29, 1.82) is 0 Å². The lowest BCUT2D eigenvalue weighted by atomic mass is 10.0. The molecule has 2 aromatic heterocycles. The Hall–Kier alpha value is -1.83. The molecule has 0 saturated carbocycles. The Labute approximate surface area is 102 Å². The van der Waals surface area contributed by atoms with E-state index in [0.717, 1.165) is 4.57 Å². The van der Waals surface area contributed by atoms with Gasteiger partial charge in [-0.1, -0.05) is 5.21 Å². The first-order valence-electron chi connectivity index (χ1n) is 5.37. The third-order valence-corrected chi connectivity index (χ3v) is 2.46. The maximum absolute atomic E-state index is 12.6. The fourth-order valence-corrected chi connectivity index (χ4v) is 1.46. The zero-order chi connectivity index (χ0) is 13.3. The van der Waals surface area contributed by atoms with Crippen molar-refractivity contribution in [1.82, 2.24) is 24.5 Å². The third kappa shape index (κ3) is 2.53. The van der Waals surface area contributed by atoms with Crippen LogP contribution in [-0.2, 0) is 12.1 Å². The molecule has 0 spiro atoms. The number of halogens is 2. The van der Waals surface area contributed by atoms with Crippen LogP contribution in [0.4, 0.5) is 8.78 Å². The molecule has 0 radical (unpaired) electrons. The molecule has 0 amide bonds. The van der Waals surface area contributed by atoms with E-state index in [1.165, 1.54) is 17.1 Å². The highest BCUT2D eigenvalue weighted by molar-refractivity contribution is 5.06. The smallest absolute Gasteiger partial charge is 0.319 e. The topological polar surface area (TPSA) is 74.6 Å². The second-order valence-corrected chi connectivity index (χ2v) is 4.55. The summed E-state index contributed by atoms with van der Waals surface area (Å²) in [7, 11) is 0. The lowest BCUT2D eigenvalue weighted by Crippen LogP contribution is -2.29. The first-order chi connectivity index (χ1) is 8.38. The Morgan fingerprint density at radius 2 is 2.17 bits per heavy atom. The average Bonchev–Trinajstić information content (AvgIpc) is 2.85. The minimum atomic E-state index is -2.61. The standard InChI is InChI=1S/C10H14F2N6/c1-10(2,13)7-5-17(16-15-7)6-8-14-3-4-18(8)9(11)12/h3-5,9H,6,13H2,1-2H3. The molecule has 2 heterocycles. The minimum Gasteiger partial charge on any atom is -0.320 e. The van der Waals surface area contributed by atoms with Crippen LogP contribution in [0.3, 0.4) is 0 Å². The SMILES string of the molecule is CC(C)(N)c1cn(Cc2nccn2C(F)F)nn1. The molecular weight excluding hydrogens is 242 g/mol. The minimum absolute atomic E-state index is 0.125. The lowest BCUT2D eigenvalue weighted by molar-refractivity contribution is 0.0665. The summed E-state index contributed by atoms with van der Waals surface area (Å²) in [6.45, 7) is 1.10. The van der Waals surface area contributed by atoms with Gasteiger partial charge in [0.15, 0.2) is 0 Å². The van der Waals surface area contributed by atoms with Gasteiger partial charge in [0.2, 0.25) is 0 Å². The van der Waals surface area contributed by atoms with E-state index in [2.05, 4.69) is 15.3 Å². The molecule has 8 heteroatoms. The third-order valence-electron chi connectivity index (χ3n) is 2.46. The van der Waals surface area contributed by atoms with Gasteiger partial charge < -0.3 is 5.73 Å². The summed E-state index contributed by atoms with van der Waals surface area (Å²) in [5.41, 5.74) is 5.85. The van der Waals surface area contributed by atoms with Crippen LogP contribution in [-0.4, -0.2) is 24.5 Å². The molecule has 0 aliphatic carbocycles. The summed E-state index contributed by atoms with van der Waals surface area (Å²) in [5.74, 6) is 0.219. The monoisotopic (exact) mass is 256 g/mol. The molecule has 98 valence electrons.